The Bertz CT molecular complexity index is 1210. The maximum atomic E-state index is 13.3. The molecule has 1 fully saturated rings. The van der Waals surface area contributed by atoms with E-state index in [-0.39, 0.29) is 11.8 Å². The summed E-state index contributed by atoms with van der Waals surface area (Å²) >= 11 is 1.46. The molecule has 0 spiro atoms. The first-order chi connectivity index (χ1) is 16.9. The predicted molar refractivity (Wildman–Crippen MR) is 136 cm³/mol. The SMILES string of the molecule is COCCN(Cc1cc2ccc(OC)cc2nc1N1CCN(C(C)=O)CC1)C(=O)c1csc(C)n1. The van der Waals surface area contributed by atoms with Crippen molar-refractivity contribution in [3.8, 4) is 5.75 Å². The molecule has 1 aliphatic rings. The van der Waals surface area contributed by atoms with Gasteiger partial charge in [-0.1, -0.05) is 0 Å². The Hall–Kier alpha value is -3.24. The Balaban J connectivity index is 1.70. The van der Waals surface area contributed by atoms with Crippen LogP contribution < -0.4 is 9.64 Å². The third-order valence-corrected chi connectivity index (χ3v) is 6.93. The minimum Gasteiger partial charge on any atom is -0.497 e. The van der Waals surface area contributed by atoms with Crippen LogP contribution in [0.3, 0.4) is 0 Å². The second-order valence-electron chi connectivity index (χ2n) is 8.49. The summed E-state index contributed by atoms with van der Waals surface area (Å²) in [5.41, 5.74) is 2.20. The molecule has 0 N–H and O–H groups in total. The molecule has 4 rings (SSSR count). The van der Waals surface area contributed by atoms with Crippen LogP contribution in [0.1, 0.15) is 28.0 Å². The number of carbonyl (C=O) groups excluding carboxylic acids is 2. The number of rotatable bonds is 8. The topological polar surface area (TPSA) is 88.1 Å². The monoisotopic (exact) mass is 497 g/mol. The lowest BCUT2D eigenvalue weighted by Gasteiger charge is -2.36. The van der Waals surface area contributed by atoms with Crippen molar-refractivity contribution in [2.24, 2.45) is 0 Å². The Kier molecular flexibility index (Phi) is 7.82. The molecule has 35 heavy (non-hydrogen) atoms. The number of benzene rings is 1. The standard InChI is InChI=1S/C25H31N5O4S/c1-17-26-23(16-35-17)25(32)30(11-12-33-3)15-20-13-19-5-6-21(34-4)14-22(19)27-24(20)29-9-7-28(8-10-29)18(2)31/h5-6,13-14,16H,7-12,15H2,1-4H3. The van der Waals surface area contributed by atoms with Gasteiger partial charge in [0.1, 0.15) is 17.3 Å². The van der Waals surface area contributed by atoms with Crippen LogP contribution in [0, 0.1) is 6.92 Å². The summed E-state index contributed by atoms with van der Waals surface area (Å²) in [5.74, 6) is 1.50. The molecule has 2 aromatic heterocycles. The molecule has 2 amide bonds. The van der Waals surface area contributed by atoms with Gasteiger partial charge in [-0.2, -0.15) is 0 Å². The molecule has 0 saturated carbocycles. The third-order valence-electron chi connectivity index (χ3n) is 6.16. The van der Waals surface area contributed by atoms with Gasteiger partial charge in [-0.05, 0) is 25.1 Å². The van der Waals surface area contributed by atoms with Crippen molar-refractivity contribution in [3.63, 3.8) is 0 Å². The maximum absolute atomic E-state index is 13.3. The van der Waals surface area contributed by atoms with Crippen molar-refractivity contribution in [2.75, 3.05) is 58.5 Å². The zero-order valence-electron chi connectivity index (χ0n) is 20.6. The summed E-state index contributed by atoms with van der Waals surface area (Å²) in [6.07, 6.45) is 0. The fraction of sp³-hybridized carbons (Fsp3) is 0.440. The minimum atomic E-state index is -0.131. The molecular weight excluding hydrogens is 466 g/mol. The van der Waals surface area contributed by atoms with E-state index in [0.717, 1.165) is 33.0 Å². The molecule has 0 radical (unpaired) electrons. The first kappa shape index (κ1) is 24.9. The predicted octanol–water partition coefficient (Wildman–Crippen LogP) is 2.97. The number of piperazine rings is 1. The van der Waals surface area contributed by atoms with Crippen LogP contribution >= 0.6 is 11.3 Å². The van der Waals surface area contributed by atoms with E-state index in [1.165, 1.54) is 11.3 Å². The molecule has 10 heteroatoms. The summed E-state index contributed by atoms with van der Waals surface area (Å²) in [4.78, 5) is 40.4. The van der Waals surface area contributed by atoms with Crippen molar-refractivity contribution in [1.82, 2.24) is 19.8 Å². The lowest BCUT2D eigenvalue weighted by Crippen LogP contribution is -2.48. The zero-order chi connectivity index (χ0) is 24.9. The number of nitrogens with zero attached hydrogens (tertiary/aromatic N) is 5. The molecule has 0 aliphatic carbocycles. The smallest absolute Gasteiger partial charge is 0.273 e. The number of anilines is 1. The zero-order valence-corrected chi connectivity index (χ0v) is 21.4. The van der Waals surface area contributed by atoms with Gasteiger partial charge in [0.15, 0.2) is 0 Å². The van der Waals surface area contributed by atoms with Gasteiger partial charge in [0.2, 0.25) is 5.91 Å². The highest BCUT2D eigenvalue weighted by Gasteiger charge is 2.25. The fourth-order valence-electron chi connectivity index (χ4n) is 4.21. The van der Waals surface area contributed by atoms with Crippen LogP contribution in [0.25, 0.3) is 10.9 Å². The number of ether oxygens (including phenoxy) is 2. The maximum Gasteiger partial charge on any atom is 0.273 e. The van der Waals surface area contributed by atoms with Gasteiger partial charge in [-0.25, -0.2) is 9.97 Å². The van der Waals surface area contributed by atoms with Crippen LogP contribution in [0.15, 0.2) is 29.6 Å². The van der Waals surface area contributed by atoms with Crippen molar-refractivity contribution in [1.29, 1.82) is 0 Å². The van der Waals surface area contributed by atoms with Gasteiger partial charge < -0.3 is 24.2 Å². The highest BCUT2D eigenvalue weighted by Crippen LogP contribution is 2.29. The number of pyridine rings is 1. The average molecular weight is 498 g/mol. The van der Waals surface area contributed by atoms with E-state index in [0.29, 0.717) is 51.6 Å². The number of methoxy groups -OCH3 is 2. The number of hydrogen-bond donors (Lipinski definition) is 0. The summed E-state index contributed by atoms with van der Waals surface area (Å²) < 4.78 is 10.7. The number of fused-ring (bicyclic) bond motifs is 1. The van der Waals surface area contributed by atoms with Crippen molar-refractivity contribution >= 4 is 39.9 Å². The van der Waals surface area contributed by atoms with E-state index in [9.17, 15) is 9.59 Å². The van der Waals surface area contributed by atoms with Crippen LogP contribution in [0.5, 0.6) is 5.75 Å². The quantitative estimate of drug-likeness (QED) is 0.473. The number of amides is 2. The lowest BCUT2D eigenvalue weighted by atomic mass is 10.1. The van der Waals surface area contributed by atoms with Crippen LogP contribution in [0.4, 0.5) is 5.82 Å². The first-order valence-corrected chi connectivity index (χ1v) is 12.5. The first-order valence-electron chi connectivity index (χ1n) is 11.6. The Morgan fingerprint density at radius 3 is 2.51 bits per heavy atom. The highest BCUT2D eigenvalue weighted by molar-refractivity contribution is 7.09. The molecule has 1 aromatic carbocycles. The van der Waals surface area contributed by atoms with E-state index < -0.39 is 0 Å². The molecule has 186 valence electrons. The third kappa shape index (κ3) is 5.71. The van der Waals surface area contributed by atoms with Crippen molar-refractivity contribution in [3.05, 3.63) is 45.9 Å². The van der Waals surface area contributed by atoms with E-state index >= 15 is 0 Å². The molecule has 1 saturated heterocycles. The second kappa shape index (κ2) is 11.0. The minimum absolute atomic E-state index is 0.0796. The molecule has 1 aliphatic heterocycles. The largest absolute Gasteiger partial charge is 0.497 e. The van der Waals surface area contributed by atoms with E-state index in [4.69, 9.17) is 14.5 Å². The van der Waals surface area contributed by atoms with Gasteiger partial charge >= 0.3 is 0 Å². The summed E-state index contributed by atoms with van der Waals surface area (Å²) in [6, 6.07) is 7.90. The summed E-state index contributed by atoms with van der Waals surface area (Å²) in [6.45, 7) is 7.33. The van der Waals surface area contributed by atoms with Gasteiger partial charge in [0.05, 0.1) is 24.2 Å². The molecule has 0 atom stereocenters. The second-order valence-corrected chi connectivity index (χ2v) is 9.56. The van der Waals surface area contributed by atoms with Gasteiger partial charge in [-0.3, -0.25) is 9.59 Å². The number of carbonyl (C=O) groups is 2. The van der Waals surface area contributed by atoms with Crippen LogP contribution in [-0.4, -0.2) is 85.1 Å². The van der Waals surface area contributed by atoms with Crippen LogP contribution in [-0.2, 0) is 16.1 Å². The van der Waals surface area contributed by atoms with Gasteiger partial charge in [-0.15, -0.1) is 11.3 Å². The average Bonchev–Trinajstić information content (AvgIpc) is 3.31. The molecule has 0 bridgehead atoms. The molecule has 3 heterocycles. The fourth-order valence-corrected chi connectivity index (χ4v) is 4.80. The molecule has 9 nitrogen and oxygen atoms in total. The number of thiazole rings is 1. The number of aryl methyl sites for hydroxylation is 1. The number of aromatic nitrogens is 2. The van der Waals surface area contributed by atoms with Gasteiger partial charge in [0, 0.05) is 75.7 Å². The molecular formula is C25H31N5O4S. The molecule has 3 aromatic rings. The van der Waals surface area contributed by atoms with E-state index in [2.05, 4.69) is 16.0 Å². The Morgan fingerprint density at radius 1 is 1.11 bits per heavy atom. The summed E-state index contributed by atoms with van der Waals surface area (Å²) in [5, 5.41) is 3.62. The molecule has 0 unspecified atom stereocenters. The Morgan fingerprint density at radius 2 is 1.89 bits per heavy atom. The van der Waals surface area contributed by atoms with Crippen LogP contribution in [0.2, 0.25) is 0 Å². The van der Waals surface area contributed by atoms with Crippen molar-refractivity contribution in [2.45, 2.75) is 20.4 Å². The lowest BCUT2D eigenvalue weighted by molar-refractivity contribution is -0.129. The normalized spacial score (nSPS) is 13.8. The highest BCUT2D eigenvalue weighted by atomic mass is 32.1. The van der Waals surface area contributed by atoms with E-state index in [1.54, 1.807) is 31.4 Å². The van der Waals surface area contributed by atoms with Crippen molar-refractivity contribution < 1.29 is 19.1 Å². The summed E-state index contributed by atoms with van der Waals surface area (Å²) in [7, 11) is 3.26. The van der Waals surface area contributed by atoms with E-state index in [1.807, 2.05) is 30.0 Å². The Labute approximate surface area is 209 Å². The van der Waals surface area contributed by atoms with Gasteiger partial charge in [0.25, 0.3) is 5.91 Å². The number of hydrogen-bond acceptors (Lipinski definition) is 8.